The summed E-state index contributed by atoms with van der Waals surface area (Å²) < 4.78 is 0. The first-order chi connectivity index (χ1) is 6.74. The molecule has 1 heteroatoms. The average molecular weight is 205 g/mol. The molecular formula is C13H13Cl. The van der Waals surface area contributed by atoms with Crippen LogP contribution in [0.2, 0.25) is 0 Å². The van der Waals surface area contributed by atoms with Crippen LogP contribution in [0.5, 0.6) is 0 Å². The van der Waals surface area contributed by atoms with E-state index < -0.39 is 0 Å². The van der Waals surface area contributed by atoms with Crippen molar-refractivity contribution in [3.8, 4) is 0 Å². The number of benzene rings is 1. The first kappa shape index (κ1) is 10.8. The van der Waals surface area contributed by atoms with E-state index in [9.17, 15) is 0 Å². The fraction of sp³-hybridized carbons (Fsp3) is 0.0769. The van der Waals surface area contributed by atoms with E-state index in [4.69, 9.17) is 11.6 Å². The number of hydrogen-bond donors (Lipinski definition) is 0. The lowest BCUT2D eigenvalue weighted by Crippen LogP contribution is -1.79. The topological polar surface area (TPSA) is 0 Å². The molecule has 72 valence electrons. The van der Waals surface area contributed by atoms with Gasteiger partial charge in [0.15, 0.2) is 0 Å². The van der Waals surface area contributed by atoms with Crippen LogP contribution in [0.3, 0.4) is 0 Å². The highest BCUT2D eigenvalue weighted by atomic mass is 35.5. The fourth-order valence-corrected chi connectivity index (χ4v) is 1.10. The van der Waals surface area contributed by atoms with Crippen LogP contribution < -0.4 is 0 Å². The number of alkyl halides is 1. The van der Waals surface area contributed by atoms with Crippen LogP contribution in [0.1, 0.15) is 5.56 Å². The third-order valence-corrected chi connectivity index (χ3v) is 2.18. The minimum atomic E-state index is 0.457. The maximum absolute atomic E-state index is 5.60. The molecule has 0 bridgehead atoms. The minimum Gasteiger partial charge on any atom is -0.122 e. The predicted octanol–water partition coefficient (Wildman–Crippen LogP) is 4.05. The molecule has 0 radical (unpaired) electrons. The molecule has 0 atom stereocenters. The van der Waals surface area contributed by atoms with Crippen molar-refractivity contribution in [2.24, 2.45) is 0 Å². The average Bonchev–Trinajstić information content (AvgIpc) is 2.26. The van der Waals surface area contributed by atoms with Crippen molar-refractivity contribution in [1.29, 1.82) is 0 Å². The molecule has 0 N–H and O–H groups in total. The number of allylic oxidation sites excluding steroid dienone is 4. The SMILES string of the molecule is C=C(/C=C\C(=C)c1ccccc1)CCl. The molecule has 0 aliphatic heterocycles. The third-order valence-electron chi connectivity index (χ3n) is 1.84. The van der Waals surface area contributed by atoms with Crippen molar-refractivity contribution in [1.82, 2.24) is 0 Å². The van der Waals surface area contributed by atoms with E-state index >= 15 is 0 Å². The van der Waals surface area contributed by atoms with Gasteiger partial charge in [0.05, 0.1) is 0 Å². The van der Waals surface area contributed by atoms with E-state index in [2.05, 4.69) is 13.2 Å². The number of hydrogen-bond acceptors (Lipinski definition) is 0. The molecule has 14 heavy (non-hydrogen) atoms. The maximum Gasteiger partial charge on any atom is 0.0468 e. The van der Waals surface area contributed by atoms with Gasteiger partial charge in [-0.2, -0.15) is 0 Å². The number of halogens is 1. The molecule has 0 heterocycles. The van der Waals surface area contributed by atoms with Gasteiger partial charge in [0.2, 0.25) is 0 Å². The zero-order valence-corrected chi connectivity index (χ0v) is 8.80. The summed E-state index contributed by atoms with van der Waals surface area (Å²) >= 11 is 5.60. The van der Waals surface area contributed by atoms with Gasteiger partial charge >= 0.3 is 0 Å². The second-order valence-corrected chi connectivity index (χ2v) is 3.28. The Kier molecular flexibility index (Phi) is 4.21. The Labute approximate surface area is 90.2 Å². The quantitative estimate of drug-likeness (QED) is 0.513. The van der Waals surface area contributed by atoms with Gasteiger partial charge in [0, 0.05) is 5.88 Å². The van der Waals surface area contributed by atoms with Crippen LogP contribution in [0, 0.1) is 0 Å². The van der Waals surface area contributed by atoms with E-state index in [0.717, 1.165) is 16.7 Å². The van der Waals surface area contributed by atoms with Crippen LogP contribution in [0.15, 0.2) is 61.2 Å². The summed E-state index contributed by atoms with van der Waals surface area (Å²) in [7, 11) is 0. The number of rotatable bonds is 4. The van der Waals surface area contributed by atoms with Gasteiger partial charge in [0.25, 0.3) is 0 Å². The van der Waals surface area contributed by atoms with Crippen molar-refractivity contribution in [2.45, 2.75) is 0 Å². The summed E-state index contributed by atoms with van der Waals surface area (Å²) in [5, 5.41) is 0. The third kappa shape index (κ3) is 3.23. The summed E-state index contributed by atoms with van der Waals surface area (Å²) in [5.74, 6) is 0.457. The Morgan fingerprint density at radius 2 is 1.79 bits per heavy atom. The van der Waals surface area contributed by atoms with E-state index in [1.54, 1.807) is 0 Å². The lowest BCUT2D eigenvalue weighted by molar-refractivity contribution is 1.56. The van der Waals surface area contributed by atoms with E-state index in [1.165, 1.54) is 0 Å². The minimum absolute atomic E-state index is 0.457. The second kappa shape index (κ2) is 5.46. The fourth-order valence-electron chi connectivity index (χ4n) is 1.01. The smallest absolute Gasteiger partial charge is 0.0468 e. The van der Waals surface area contributed by atoms with Gasteiger partial charge in [-0.05, 0) is 16.7 Å². The van der Waals surface area contributed by atoms with Crippen LogP contribution in [-0.2, 0) is 0 Å². The van der Waals surface area contributed by atoms with Crippen molar-refractivity contribution in [3.63, 3.8) is 0 Å². The van der Waals surface area contributed by atoms with Crippen molar-refractivity contribution < 1.29 is 0 Å². The Morgan fingerprint density at radius 3 is 2.36 bits per heavy atom. The molecule has 0 saturated heterocycles. The molecule has 0 nitrogen and oxygen atoms in total. The molecule has 1 aromatic rings. The predicted molar refractivity (Wildman–Crippen MR) is 64.5 cm³/mol. The molecule has 0 aromatic heterocycles. The van der Waals surface area contributed by atoms with Crippen molar-refractivity contribution in [3.05, 3.63) is 66.8 Å². The highest BCUT2D eigenvalue weighted by Crippen LogP contribution is 2.13. The van der Waals surface area contributed by atoms with Crippen molar-refractivity contribution >= 4 is 17.2 Å². The Morgan fingerprint density at radius 1 is 1.14 bits per heavy atom. The molecule has 1 rings (SSSR count). The van der Waals surface area contributed by atoms with Gasteiger partial charge in [-0.15, -0.1) is 11.6 Å². The molecule has 0 aliphatic rings. The summed E-state index contributed by atoms with van der Waals surface area (Å²) in [6.07, 6.45) is 3.82. The van der Waals surface area contributed by atoms with E-state index in [0.29, 0.717) is 5.88 Å². The first-order valence-corrected chi connectivity index (χ1v) is 4.93. The largest absolute Gasteiger partial charge is 0.122 e. The Bertz CT molecular complexity index is 347. The monoisotopic (exact) mass is 204 g/mol. The molecule has 0 spiro atoms. The lowest BCUT2D eigenvalue weighted by atomic mass is 10.1. The summed E-state index contributed by atoms with van der Waals surface area (Å²) in [6.45, 7) is 7.74. The Hall–Kier alpha value is -1.27. The molecule has 0 saturated carbocycles. The van der Waals surface area contributed by atoms with Gasteiger partial charge in [0.1, 0.15) is 0 Å². The molecule has 1 aromatic carbocycles. The van der Waals surface area contributed by atoms with E-state index in [-0.39, 0.29) is 0 Å². The van der Waals surface area contributed by atoms with Gasteiger partial charge in [-0.25, -0.2) is 0 Å². The summed E-state index contributed by atoms with van der Waals surface area (Å²) in [4.78, 5) is 0. The van der Waals surface area contributed by atoms with Gasteiger partial charge in [-0.3, -0.25) is 0 Å². The molecule has 0 unspecified atom stereocenters. The normalized spacial score (nSPS) is 10.4. The molecule has 0 aliphatic carbocycles. The summed E-state index contributed by atoms with van der Waals surface area (Å²) in [5.41, 5.74) is 2.98. The second-order valence-electron chi connectivity index (χ2n) is 3.02. The van der Waals surface area contributed by atoms with Crippen LogP contribution in [-0.4, -0.2) is 5.88 Å². The van der Waals surface area contributed by atoms with Gasteiger partial charge in [-0.1, -0.05) is 55.6 Å². The van der Waals surface area contributed by atoms with Crippen LogP contribution in [0.4, 0.5) is 0 Å². The molecule has 0 amide bonds. The standard InChI is InChI=1S/C13H13Cl/c1-11(10-14)8-9-12(2)13-6-4-3-5-7-13/h3-9H,1-2,10H2/b9-8-. The lowest BCUT2D eigenvalue weighted by Gasteiger charge is -1.99. The molecular weight excluding hydrogens is 192 g/mol. The van der Waals surface area contributed by atoms with Crippen LogP contribution >= 0.6 is 11.6 Å². The summed E-state index contributed by atoms with van der Waals surface area (Å²) in [6, 6.07) is 10.0. The first-order valence-electron chi connectivity index (χ1n) is 4.40. The Balaban J connectivity index is 2.69. The van der Waals surface area contributed by atoms with Gasteiger partial charge < -0.3 is 0 Å². The highest BCUT2D eigenvalue weighted by Gasteiger charge is 1.92. The zero-order valence-electron chi connectivity index (χ0n) is 8.04. The zero-order chi connectivity index (χ0) is 10.4. The highest BCUT2D eigenvalue weighted by molar-refractivity contribution is 6.19. The van der Waals surface area contributed by atoms with Crippen LogP contribution in [0.25, 0.3) is 5.57 Å². The molecule has 0 fully saturated rings. The maximum atomic E-state index is 5.60. The van der Waals surface area contributed by atoms with E-state index in [1.807, 2.05) is 42.5 Å². The van der Waals surface area contributed by atoms with Crippen molar-refractivity contribution in [2.75, 3.05) is 5.88 Å².